The highest BCUT2D eigenvalue weighted by molar-refractivity contribution is 5.81. The lowest BCUT2D eigenvalue weighted by atomic mass is 9.88. The molecule has 0 atom stereocenters. The SMILES string of the molecule is COc1nc2c(C3CCN(C)CC3)cc(C)nc2cc1OCCCN1CCCC1. The Balaban J connectivity index is 1.53. The topological polar surface area (TPSA) is 50.7 Å². The molecule has 4 rings (SSSR count). The van der Waals surface area contributed by atoms with Crippen molar-refractivity contribution in [3.8, 4) is 11.6 Å². The molecule has 0 unspecified atom stereocenters. The van der Waals surface area contributed by atoms with Crippen molar-refractivity contribution in [3.63, 3.8) is 0 Å². The largest absolute Gasteiger partial charge is 0.488 e. The maximum absolute atomic E-state index is 6.07. The van der Waals surface area contributed by atoms with Gasteiger partial charge in [0, 0.05) is 18.3 Å². The van der Waals surface area contributed by atoms with Crippen molar-refractivity contribution in [2.24, 2.45) is 0 Å². The first-order valence-electron chi connectivity index (χ1n) is 11.0. The zero-order valence-electron chi connectivity index (χ0n) is 18.1. The van der Waals surface area contributed by atoms with E-state index in [1.807, 2.05) is 6.07 Å². The third-order valence-corrected chi connectivity index (χ3v) is 6.30. The summed E-state index contributed by atoms with van der Waals surface area (Å²) in [6.45, 7) is 8.55. The van der Waals surface area contributed by atoms with Crippen LogP contribution in [-0.2, 0) is 0 Å². The van der Waals surface area contributed by atoms with Crippen molar-refractivity contribution in [1.82, 2.24) is 19.8 Å². The summed E-state index contributed by atoms with van der Waals surface area (Å²) >= 11 is 0. The lowest BCUT2D eigenvalue weighted by molar-refractivity contribution is 0.251. The lowest BCUT2D eigenvalue weighted by Gasteiger charge is -2.29. The van der Waals surface area contributed by atoms with Crippen LogP contribution in [0.2, 0.25) is 0 Å². The number of aromatic nitrogens is 2. The minimum absolute atomic E-state index is 0.528. The van der Waals surface area contributed by atoms with E-state index in [9.17, 15) is 0 Å². The number of hydrogen-bond donors (Lipinski definition) is 0. The Hall–Kier alpha value is -1.92. The molecule has 2 aromatic rings. The Morgan fingerprint density at radius 2 is 1.83 bits per heavy atom. The number of rotatable bonds is 7. The molecule has 0 saturated carbocycles. The predicted octanol–water partition coefficient (Wildman–Crippen LogP) is 3.62. The average molecular weight is 399 g/mol. The minimum atomic E-state index is 0.528. The molecule has 0 aromatic carbocycles. The first-order chi connectivity index (χ1) is 14.1. The van der Waals surface area contributed by atoms with E-state index in [4.69, 9.17) is 19.4 Å². The van der Waals surface area contributed by atoms with Gasteiger partial charge in [-0.25, -0.2) is 4.98 Å². The number of likely N-dealkylation sites (tertiary alicyclic amines) is 2. The second-order valence-corrected chi connectivity index (χ2v) is 8.54. The summed E-state index contributed by atoms with van der Waals surface area (Å²) in [5.74, 6) is 1.80. The summed E-state index contributed by atoms with van der Waals surface area (Å²) in [5.41, 5.74) is 4.22. The van der Waals surface area contributed by atoms with Crippen molar-refractivity contribution in [2.75, 3.05) is 53.5 Å². The summed E-state index contributed by atoms with van der Waals surface area (Å²) in [6.07, 6.45) is 5.99. The maximum atomic E-state index is 6.07. The smallest absolute Gasteiger partial charge is 0.257 e. The molecule has 0 amide bonds. The van der Waals surface area contributed by atoms with Crippen LogP contribution in [0.15, 0.2) is 12.1 Å². The molecule has 2 saturated heterocycles. The molecule has 6 nitrogen and oxygen atoms in total. The number of methoxy groups -OCH3 is 1. The van der Waals surface area contributed by atoms with Crippen molar-refractivity contribution in [2.45, 2.75) is 44.9 Å². The molecule has 158 valence electrons. The molecular formula is C23H34N4O2. The first kappa shape index (κ1) is 20.4. The number of pyridine rings is 2. The van der Waals surface area contributed by atoms with Gasteiger partial charge in [0.25, 0.3) is 5.88 Å². The van der Waals surface area contributed by atoms with Gasteiger partial charge < -0.3 is 19.3 Å². The number of aryl methyl sites for hydroxylation is 1. The van der Waals surface area contributed by atoms with Crippen LogP contribution in [0, 0.1) is 6.92 Å². The number of hydrogen-bond acceptors (Lipinski definition) is 6. The molecule has 4 heterocycles. The second kappa shape index (κ2) is 9.26. The normalized spacial score (nSPS) is 19.1. The van der Waals surface area contributed by atoms with Crippen LogP contribution in [0.3, 0.4) is 0 Å². The third kappa shape index (κ3) is 4.81. The van der Waals surface area contributed by atoms with E-state index in [0.717, 1.165) is 55.6 Å². The zero-order valence-corrected chi connectivity index (χ0v) is 18.1. The van der Waals surface area contributed by atoms with E-state index in [2.05, 4.69) is 29.8 Å². The second-order valence-electron chi connectivity index (χ2n) is 8.54. The van der Waals surface area contributed by atoms with E-state index >= 15 is 0 Å². The number of fused-ring (bicyclic) bond motifs is 1. The zero-order chi connectivity index (χ0) is 20.2. The van der Waals surface area contributed by atoms with Gasteiger partial charge in [-0.1, -0.05) is 0 Å². The first-order valence-corrected chi connectivity index (χ1v) is 11.0. The van der Waals surface area contributed by atoms with Gasteiger partial charge in [-0.3, -0.25) is 4.98 Å². The molecule has 2 aromatic heterocycles. The van der Waals surface area contributed by atoms with E-state index in [1.165, 1.54) is 31.5 Å². The average Bonchev–Trinajstić information content (AvgIpc) is 3.24. The fourth-order valence-corrected chi connectivity index (χ4v) is 4.64. The van der Waals surface area contributed by atoms with Gasteiger partial charge in [-0.05, 0) is 89.8 Å². The highest BCUT2D eigenvalue weighted by Gasteiger charge is 2.23. The molecule has 6 heteroatoms. The molecule has 2 aliphatic heterocycles. The van der Waals surface area contributed by atoms with Crippen molar-refractivity contribution >= 4 is 11.0 Å². The monoisotopic (exact) mass is 398 g/mol. The van der Waals surface area contributed by atoms with Gasteiger partial charge in [0.05, 0.1) is 24.8 Å². The summed E-state index contributed by atoms with van der Waals surface area (Å²) in [7, 11) is 3.86. The summed E-state index contributed by atoms with van der Waals surface area (Å²) in [4.78, 5) is 14.5. The molecule has 0 bridgehead atoms. The van der Waals surface area contributed by atoms with Crippen molar-refractivity contribution in [3.05, 3.63) is 23.4 Å². The molecular weight excluding hydrogens is 364 g/mol. The summed E-state index contributed by atoms with van der Waals surface area (Å²) < 4.78 is 11.7. The Kier molecular flexibility index (Phi) is 6.50. The molecule has 2 fully saturated rings. The van der Waals surface area contributed by atoms with E-state index in [0.29, 0.717) is 24.2 Å². The number of ether oxygens (including phenoxy) is 2. The van der Waals surface area contributed by atoms with Gasteiger partial charge >= 0.3 is 0 Å². The van der Waals surface area contributed by atoms with E-state index in [1.54, 1.807) is 7.11 Å². The maximum Gasteiger partial charge on any atom is 0.257 e. The molecule has 0 spiro atoms. The number of piperidine rings is 1. The van der Waals surface area contributed by atoms with Gasteiger partial charge in [-0.2, -0.15) is 0 Å². The Morgan fingerprint density at radius 3 is 2.55 bits per heavy atom. The van der Waals surface area contributed by atoms with Gasteiger partial charge in [-0.15, -0.1) is 0 Å². The molecule has 0 aliphatic carbocycles. The van der Waals surface area contributed by atoms with Crippen LogP contribution in [0.25, 0.3) is 11.0 Å². The van der Waals surface area contributed by atoms with Crippen molar-refractivity contribution < 1.29 is 9.47 Å². The summed E-state index contributed by atoms with van der Waals surface area (Å²) in [5, 5.41) is 0. The van der Waals surface area contributed by atoms with Crippen molar-refractivity contribution in [1.29, 1.82) is 0 Å². The van der Waals surface area contributed by atoms with E-state index in [-0.39, 0.29) is 0 Å². The summed E-state index contributed by atoms with van der Waals surface area (Å²) in [6, 6.07) is 4.23. The fourth-order valence-electron chi connectivity index (χ4n) is 4.64. The van der Waals surface area contributed by atoms with Crippen LogP contribution in [0.4, 0.5) is 0 Å². The van der Waals surface area contributed by atoms with Crippen LogP contribution in [-0.4, -0.2) is 73.3 Å². The van der Waals surface area contributed by atoms with Crippen LogP contribution < -0.4 is 9.47 Å². The predicted molar refractivity (Wildman–Crippen MR) is 116 cm³/mol. The highest BCUT2D eigenvalue weighted by atomic mass is 16.5. The molecule has 0 N–H and O–H groups in total. The van der Waals surface area contributed by atoms with Crippen LogP contribution in [0.1, 0.15) is 49.3 Å². The Labute approximate surface area is 174 Å². The lowest BCUT2D eigenvalue weighted by Crippen LogP contribution is -2.29. The minimum Gasteiger partial charge on any atom is -0.488 e. The number of nitrogens with zero attached hydrogens (tertiary/aromatic N) is 4. The molecule has 29 heavy (non-hydrogen) atoms. The van der Waals surface area contributed by atoms with Gasteiger partial charge in [0.2, 0.25) is 0 Å². The Bertz CT molecular complexity index is 827. The van der Waals surface area contributed by atoms with Crippen LogP contribution >= 0.6 is 0 Å². The van der Waals surface area contributed by atoms with E-state index < -0.39 is 0 Å². The fraction of sp³-hybridized carbons (Fsp3) is 0.652. The Morgan fingerprint density at radius 1 is 1.07 bits per heavy atom. The van der Waals surface area contributed by atoms with Gasteiger partial charge in [0.1, 0.15) is 0 Å². The highest BCUT2D eigenvalue weighted by Crippen LogP contribution is 2.36. The molecule has 0 radical (unpaired) electrons. The van der Waals surface area contributed by atoms with Gasteiger partial charge in [0.15, 0.2) is 5.75 Å². The third-order valence-electron chi connectivity index (χ3n) is 6.30. The quantitative estimate of drug-likeness (QED) is 0.664. The van der Waals surface area contributed by atoms with Crippen LogP contribution in [0.5, 0.6) is 11.6 Å². The standard InChI is InChI=1S/C23H34N4O2/c1-17-15-19(18-7-12-26(2)13-8-18)22-20(24-17)16-21(23(25-22)28-3)29-14-6-11-27-9-4-5-10-27/h15-16,18H,4-14H2,1-3H3. The molecule has 2 aliphatic rings.